The van der Waals surface area contributed by atoms with Crippen molar-refractivity contribution in [2.24, 2.45) is 0 Å². The SMILES string of the molecule is O=C(O)c1ccc[nH+]c1.O=C([O-])C(=O)O. The van der Waals surface area contributed by atoms with Gasteiger partial charge in [0.15, 0.2) is 18.4 Å². The fraction of sp³-hybridized carbons (Fsp3) is 0. The van der Waals surface area contributed by atoms with Crippen molar-refractivity contribution in [1.82, 2.24) is 0 Å². The van der Waals surface area contributed by atoms with Gasteiger partial charge in [-0.05, 0) is 6.07 Å². The van der Waals surface area contributed by atoms with E-state index in [-0.39, 0.29) is 5.56 Å². The molecule has 0 unspecified atom stereocenters. The van der Waals surface area contributed by atoms with Gasteiger partial charge in [-0.1, -0.05) is 0 Å². The highest BCUT2D eigenvalue weighted by Crippen LogP contribution is 1.90. The van der Waals surface area contributed by atoms with Crippen molar-refractivity contribution in [3.63, 3.8) is 0 Å². The van der Waals surface area contributed by atoms with E-state index in [9.17, 15) is 4.79 Å². The van der Waals surface area contributed by atoms with Crippen molar-refractivity contribution in [2.45, 2.75) is 0 Å². The number of carboxylic acids is 3. The fourth-order valence-electron chi connectivity index (χ4n) is 0.526. The lowest BCUT2D eigenvalue weighted by Crippen LogP contribution is -2.30. The quantitative estimate of drug-likeness (QED) is 0.520. The molecule has 1 aromatic rings. The molecule has 1 heterocycles. The zero-order chi connectivity index (χ0) is 11.8. The van der Waals surface area contributed by atoms with E-state index in [1.807, 2.05) is 0 Å². The molecule has 0 bridgehead atoms. The van der Waals surface area contributed by atoms with Gasteiger partial charge >= 0.3 is 11.9 Å². The molecule has 0 aromatic carbocycles. The Hall–Kier alpha value is -2.44. The number of carboxylic acid groups (broad SMARTS) is 3. The zero-order valence-corrected chi connectivity index (χ0v) is 7.34. The second-order valence-corrected chi connectivity index (χ2v) is 2.19. The Morgan fingerprint density at radius 3 is 2.00 bits per heavy atom. The van der Waals surface area contributed by atoms with E-state index in [0.717, 1.165) is 0 Å². The molecule has 0 aliphatic heterocycles. The van der Waals surface area contributed by atoms with Gasteiger partial charge in [-0.25, -0.2) is 14.6 Å². The maximum Gasteiger partial charge on any atom is 0.351 e. The molecular formula is C8H7NO6. The molecule has 0 saturated heterocycles. The van der Waals surface area contributed by atoms with Gasteiger partial charge in [-0.15, -0.1) is 0 Å². The van der Waals surface area contributed by atoms with Crippen LogP contribution in [0.5, 0.6) is 0 Å². The second kappa shape index (κ2) is 6.08. The lowest BCUT2D eigenvalue weighted by molar-refractivity contribution is -0.378. The average Bonchev–Trinajstić information content (AvgIpc) is 2.20. The van der Waals surface area contributed by atoms with Crippen molar-refractivity contribution in [3.05, 3.63) is 30.1 Å². The number of rotatable bonds is 1. The molecule has 0 spiro atoms. The number of hydrogen-bond acceptors (Lipinski definition) is 4. The lowest BCUT2D eigenvalue weighted by atomic mass is 10.3. The Morgan fingerprint density at radius 2 is 1.80 bits per heavy atom. The standard InChI is InChI=1S/C6H5NO2.C2H2O4/c8-6(9)5-2-1-3-7-4-5;3-1(4)2(5)6/h1-4H,(H,8,9);(H,3,4)(H,5,6). The molecule has 3 N–H and O–H groups in total. The van der Waals surface area contributed by atoms with Gasteiger partial charge < -0.3 is 20.1 Å². The van der Waals surface area contributed by atoms with Crippen LogP contribution in [0.1, 0.15) is 10.4 Å². The van der Waals surface area contributed by atoms with E-state index in [2.05, 4.69) is 4.98 Å². The average molecular weight is 213 g/mol. The van der Waals surface area contributed by atoms with Gasteiger partial charge in [0.2, 0.25) is 0 Å². The van der Waals surface area contributed by atoms with Gasteiger partial charge in [0.05, 0.1) is 0 Å². The minimum Gasteiger partial charge on any atom is -0.539 e. The summed E-state index contributed by atoms with van der Waals surface area (Å²) in [4.78, 5) is 30.9. The first-order valence-corrected chi connectivity index (χ1v) is 3.59. The highest BCUT2D eigenvalue weighted by molar-refractivity contribution is 6.26. The molecule has 1 aromatic heterocycles. The highest BCUT2D eigenvalue weighted by atomic mass is 16.4. The van der Waals surface area contributed by atoms with Crippen LogP contribution in [0.15, 0.2) is 24.5 Å². The Bertz CT molecular complexity index is 349. The third-order valence-electron chi connectivity index (χ3n) is 1.13. The molecule has 7 heteroatoms. The number of aliphatic carboxylic acids is 2. The number of carbonyl (C=O) groups is 3. The predicted octanol–water partition coefficient (Wildman–Crippen LogP) is -1.98. The van der Waals surface area contributed by atoms with E-state index < -0.39 is 17.9 Å². The van der Waals surface area contributed by atoms with Crippen LogP contribution in [-0.4, -0.2) is 28.1 Å². The van der Waals surface area contributed by atoms with Gasteiger partial charge in [0.1, 0.15) is 5.56 Å². The van der Waals surface area contributed by atoms with Crippen LogP contribution in [0.4, 0.5) is 0 Å². The zero-order valence-electron chi connectivity index (χ0n) is 7.34. The summed E-state index contributed by atoms with van der Waals surface area (Å²) in [6.45, 7) is 0. The molecule has 0 saturated carbocycles. The summed E-state index contributed by atoms with van der Waals surface area (Å²) >= 11 is 0. The smallest absolute Gasteiger partial charge is 0.351 e. The molecule has 0 aliphatic rings. The van der Waals surface area contributed by atoms with E-state index in [1.165, 1.54) is 12.3 Å². The number of carbonyl (C=O) groups excluding carboxylic acids is 1. The first-order valence-electron chi connectivity index (χ1n) is 3.59. The molecule has 7 nitrogen and oxygen atoms in total. The third kappa shape index (κ3) is 5.75. The molecular weight excluding hydrogens is 206 g/mol. The van der Waals surface area contributed by atoms with Crippen LogP contribution >= 0.6 is 0 Å². The van der Waals surface area contributed by atoms with Gasteiger partial charge in [-0.2, -0.15) is 0 Å². The number of aromatic nitrogens is 1. The number of hydrogen-bond donors (Lipinski definition) is 2. The Morgan fingerprint density at radius 1 is 1.27 bits per heavy atom. The van der Waals surface area contributed by atoms with Crippen LogP contribution in [-0.2, 0) is 9.59 Å². The Labute approximate surface area is 83.6 Å². The fourth-order valence-corrected chi connectivity index (χ4v) is 0.526. The van der Waals surface area contributed by atoms with Crippen LogP contribution in [0.2, 0.25) is 0 Å². The molecule has 0 amide bonds. The maximum atomic E-state index is 10.2. The minimum absolute atomic E-state index is 0.275. The van der Waals surface area contributed by atoms with Gasteiger partial charge in [-0.3, -0.25) is 0 Å². The highest BCUT2D eigenvalue weighted by Gasteiger charge is 2.01. The van der Waals surface area contributed by atoms with Crippen LogP contribution < -0.4 is 10.1 Å². The minimum atomic E-state index is -2.07. The number of nitrogens with one attached hydrogen (secondary N) is 1. The summed E-state index contributed by atoms with van der Waals surface area (Å²) in [5.74, 6) is -4.92. The van der Waals surface area contributed by atoms with Crippen molar-refractivity contribution in [1.29, 1.82) is 0 Å². The van der Waals surface area contributed by atoms with Crippen molar-refractivity contribution >= 4 is 17.9 Å². The van der Waals surface area contributed by atoms with E-state index >= 15 is 0 Å². The lowest BCUT2D eigenvalue weighted by Gasteiger charge is -1.85. The molecule has 15 heavy (non-hydrogen) atoms. The third-order valence-corrected chi connectivity index (χ3v) is 1.13. The van der Waals surface area contributed by atoms with E-state index in [1.54, 1.807) is 12.3 Å². The first kappa shape index (κ1) is 12.6. The van der Waals surface area contributed by atoms with Crippen LogP contribution in [0.3, 0.4) is 0 Å². The summed E-state index contributed by atoms with van der Waals surface area (Å²) in [6.07, 6.45) is 3.09. The summed E-state index contributed by atoms with van der Waals surface area (Å²) in [5.41, 5.74) is 0.275. The molecule has 0 aliphatic carbocycles. The molecule has 0 atom stereocenters. The Balaban J connectivity index is 0.000000288. The number of pyridine rings is 1. The topological polar surface area (TPSA) is 129 Å². The molecule has 0 fully saturated rings. The molecule has 80 valence electrons. The summed E-state index contributed by atoms with van der Waals surface area (Å²) in [6, 6.07) is 3.17. The first-order chi connectivity index (χ1) is 6.95. The van der Waals surface area contributed by atoms with E-state index in [4.69, 9.17) is 24.9 Å². The normalized spacial score (nSPS) is 8.27. The maximum absolute atomic E-state index is 10.2. The van der Waals surface area contributed by atoms with E-state index in [0.29, 0.717) is 0 Å². The van der Waals surface area contributed by atoms with Crippen molar-refractivity contribution in [2.75, 3.05) is 0 Å². The van der Waals surface area contributed by atoms with Gasteiger partial charge in [0.25, 0.3) is 0 Å². The largest absolute Gasteiger partial charge is 0.539 e. The number of aromatic carboxylic acids is 1. The summed E-state index contributed by atoms with van der Waals surface area (Å²) in [5, 5.41) is 24.7. The summed E-state index contributed by atoms with van der Waals surface area (Å²) < 4.78 is 0. The van der Waals surface area contributed by atoms with Crippen LogP contribution in [0, 0.1) is 0 Å². The monoisotopic (exact) mass is 213 g/mol. The van der Waals surface area contributed by atoms with Crippen molar-refractivity contribution in [3.8, 4) is 0 Å². The van der Waals surface area contributed by atoms with Crippen LogP contribution in [0.25, 0.3) is 0 Å². The summed E-state index contributed by atoms with van der Waals surface area (Å²) in [7, 11) is 0. The van der Waals surface area contributed by atoms with Gasteiger partial charge in [0, 0.05) is 6.07 Å². The van der Waals surface area contributed by atoms with Crippen molar-refractivity contribution < 1.29 is 34.7 Å². The Kier molecular flexibility index (Phi) is 5.09. The predicted molar refractivity (Wildman–Crippen MR) is 42.6 cm³/mol. The number of H-pyrrole nitrogens is 1. The molecule has 0 radical (unpaired) electrons. The molecule has 1 rings (SSSR count). The number of aromatic amines is 1. The second-order valence-electron chi connectivity index (χ2n) is 2.19.